The Morgan fingerprint density at radius 1 is 0.955 bits per heavy atom. The Balaban J connectivity index is 1.84. The summed E-state index contributed by atoms with van der Waals surface area (Å²) in [5.74, 6) is 0.641. The molecule has 0 radical (unpaired) electrons. The number of hydrogen-bond acceptors (Lipinski definition) is 2. The molecule has 22 heavy (non-hydrogen) atoms. The van der Waals surface area contributed by atoms with Gasteiger partial charge < -0.3 is 10.6 Å². The predicted molar refractivity (Wildman–Crippen MR) is 93.6 cm³/mol. The summed E-state index contributed by atoms with van der Waals surface area (Å²) in [7, 11) is 0. The standard InChI is InChI=1S/C20H24N2/c1-13-10-14(2)12-15(11-13)16-4-3-5-19-20(16)17-6-8-21-9-7-18(17)22-19/h3-5,10-12,17-18,21-22H,6-9H2,1-2H3/t17-,18+/m1/s1. The van der Waals surface area contributed by atoms with Crippen LogP contribution in [0, 0.1) is 13.8 Å². The second-order valence-corrected chi connectivity index (χ2v) is 6.83. The summed E-state index contributed by atoms with van der Waals surface area (Å²) in [5.41, 5.74) is 8.38. The third-order valence-corrected chi connectivity index (χ3v) is 5.10. The monoisotopic (exact) mass is 292 g/mol. The number of aryl methyl sites for hydroxylation is 2. The number of hydrogen-bond donors (Lipinski definition) is 2. The number of benzene rings is 2. The molecule has 0 spiro atoms. The lowest BCUT2D eigenvalue weighted by Gasteiger charge is -2.18. The lowest BCUT2D eigenvalue weighted by Crippen LogP contribution is -2.21. The minimum Gasteiger partial charge on any atom is -0.381 e. The Hall–Kier alpha value is -1.80. The summed E-state index contributed by atoms with van der Waals surface area (Å²) in [6.07, 6.45) is 2.44. The van der Waals surface area contributed by atoms with Crippen LogP contribution in [0.15, 0.2) is 36.4 Å². The topological polar surface area (TPSA) is 24.1 Å². The van der Waals surface area contributed by atoms with Crippen molar-refractivity contribution in [2.24, 2.45) is 0 Å². The van der Waals surface area contributed by atoms with Crippen molar-refractivity contribution < 1.29 is 0 Å². The van der Waals surface area contributed by atoms with Gasteiger partial charge in [0.2, 0.25) is 0 Å². The van der Waals surface area contributed by atoms with Crippen molar-refractivity contribution in [3.05, 3.63) is 53.1 Å². The zero-order valence-corrected chi connectivity index (χ0v) is 13.4. The first-order valence-electron chi connectivity index (χ1n) is 8.41. The largest absolute Gasteiger partial charge is 0.381 e. The molecule has 0 amide bonds. The van der Waals surface area contributed by atoms with Crippen LogP contribution in [0.3, 0.4) is 0 Å². The maximum Gasteiger partial charge on any atom is 0.0384 e. The first-order chi connectivity index (χ1) is 10.7. The first kappa shape index (κ1) is 13.8. The summed E-state index contributed by atoms with van der Waals surface area (Å²) >= 11 is 0. The van der Waals surface area contributed by atoms with Crippen molar-refractivity contribution in [1.82, 2.24) is 5.32 Å². The second-order valence-electron chi connectivity index (χ2n) is 6.83. The summed E-state index contributed by atoms with van der Waals surface area (Å²) in [6.45, 7) is 6.64. The molecule has 2 aromatic carbocycles. The maximum atomic E-state index is 3.78. The van der Waals surface area contributed by atoms with Crippen LogP contribution >= 0.6 is 0 Å². The molecule has 0 aliphatic carbocycles. The quantitative estimate of drug-likeness (QED) is 0.822. The predicted octanol–water partition coefficient (Wildman–Crippen LogP) is 4.23. The summed E-state index contributed by atoms with van der Waals surface area (Å²) in [6, 6.07) is 14.2. The van der Waals surface area contributed by atoms with E-state index in [9.17, 15) is 0 Å². The van der Waals surface area contributed by atoms with Crippen LogP contribution < -0.4 is 10.6 Å². The molecule has 2 nitrogen and oxygen atoms in total. The minimum atomic E-state index is 0.594. The third kappa shape index (κ3) is 2.32. The molecule has 0 aromatic heterocycles. The molecule has 2 heterocycles. The molecule has 2 atom stereocenters. The van der Waals surface area contributed by atoms with Crippen molar-refractivity contribution >= 4 is 5.69 Å². The highest BCUT2D eigenvalue weighted by Gasteiger charge is 2.34. The van der Waals surface area contributed by atoms with E-state index in [1.165, 1.54) is 40.8 Å². The van der Waals surface area contributed by atoms with Gasteiger partial charge in [0.15, 0.2) is 0 Å². The Kier molecular flexibility index (Phi) is 3.42. The molecule has 2 aliphatic heterocycles. The van der Waals surface area contributed by atoms with Gasteiger partial charge in [-0.1, -0.05) is 41.5 Å². The van der Waals surface area contributed by atoms with Crippen molar-refractivity contribution in [1.29, 1.82) is 0 Å². The SMILES string of the molecule is Cc1cc(C)cc(-c2cccc3c2[C@@H]2CCNCC[C@@H]2N3)c1. The Morgan fingerprint density at radius 3 is 2.55 bits per heavy atom. The lowest BCUT2D eigenvalue weighted by atomic mass is 9.85. The van der Waals surface area contributed by atoms with E-state index in [-0.39, 0.29) is 0 Å². The van der Waals surface area contributed by atoms with E-state index in [0.29, 0.717) is 12.0 Å². The molecule has 2 aromatic rings. The molecule has 114 valence electrons. The molecular weight excluding hydrogens is 268 g/mol. The average Bonchev–Trinajstić information content (AvgIpc) is 2.68. The van der Waals surface area contributed by atoms with Gasteiger partial charge in [-0.25, -0.2) is 0 Å². The molecule has 0 bridgehead atoms. The normalized spacial score (nSPS) is 23.4. The average molecular weight is 292 g/mol. The van der Waals surface area contributed by atoms with Crippen LogP contribution in [-0.2, 0) is 0 Å². The highest BCUT2D eigenvalue weighted by Crippen LogP contribution is 2.45. The molecule has 0 saturated carbocycles. The zero-order chi connectivity index (χ0) is 15.1. The molecule has 2 N–H and O–H groups in total. The highest BCUT2D eigenvalue weighted by molar-refractivity contribution is 5.78. The molecule has 1 fully saturated rings. The van der Waals surface area contributed by atoms with Gasteiger partial charge in [0.05, 0.1) is 0 Å². The van der Waals surface area contributed by atoms with Gasteiger partial charge in [-0.15, -0.1) is 0 Å². The second kappa shape index (κ2) is 5.44. The Labute approximate surface area is 132 Å². The van der Waals surface area contributed by atoms with Crippen LogP contribution in [0.5, 0.6) is 0 Å². The van der Waals surface area contributed by atoms with E-state index in [1.54, 1.807) is 5.56 Å². The fourth-order valence-corrected chi connectivity index (χ4v) is 4.23. The zero-order valence-electron chi connectivity index (χ0n) is 13.4. The van der Waals surface area contributed by atoms with Crippen LogP contribution in [0.1, 0.15) is 35.4 Å². The molecule has 4 rings (SSSR count). The third-order valence-electron chi connectivity index (χ3n) is 5.10. The van der Waals surface area contributed by atoms with Crippen LogP contribution in [0.25, 0.3) is 11.1 Å². The van der Waals surface area contributed by atoms with Gasteiger partial charge in [0, 0.05) is 17.6 Å². The summed E-state index contributed by atoms with van der Waals surface area (Å²) in [4.78, 5) is 0. The van der Waals surface area contributed by atoms with Crippen molar-refractivity contribution in [2.45, 2.75) is 38.6 Å². The molecule has 1 saturated heterocycles. The molecule has 0 unspecified atom stereocenters. The fourth-order valence-electron chi connectivity index (χ4n) is 4.23. The lowest BCUT2D eigenvalue weighted by molar-refractivity contribution is 0.579. The molecule has 2 aliphatic rings. The van der Waals surface area contributed by atoms with E-state index < -0.39 is 0 Å². The molecule has 2 heteroatoms. The smallest absolute Gasteiger partial charge is 0.0384 e. The molecular formula is C20H24N2. The van der Waals surface area contributed by atoms with Gasteiger partial charge in [-0.05, 0) is 62.5 Å². The van der Waals surface area contributed by atoms with Crippen LogP contribution in [0.2, 0.25) is 0 Å². The fraction of sp³-hybridized carbons (Fsp3) is 0.400. The number of rotatable bonds is 1. The van der Waals surface area contributed by atoms with Crippen molar-refractivity contribution in [3.63, 3.8) is 0 Å². The van der Waals surface area contributed by atoms with E-state index in [4.69, 9.17) is 0 Å². The van der Waals surface area contributed by atoms with Gasteiger partial charge in [0.25, 0.3) is 0 Å². The van der Waals surface area contributed by atoms with Crippen molar-refractivity contribution in [3.8, 4) is 11.1 Å². The number of fused-ring (bicyclic) bond motifs is 3. The minimum absolute atomic E-state index is 0.594. The van der Waals surface area contributed by atoms with E-state index in [1.807, 2.05) is 0 Å². The van der Waals surface area contributed by atoms with E-state index in [2.05, 4.69) is 60.9 Å². The van der Waals surface area contributed by atoms with E-state index >= 15 is 0 Å². The number of nitrogens with one attached hydrogen (secondary N) is 2. The summed E-state index contributed by atoms with van der Waals surface area (Å²) in [5, 5.41) is 7.32. The highest BCUT2D eigenvalue weighted by atomic mass is 15.0. The van der Waals surface area contributed by atoms with Gasteiger partial charge in [0.1, 0.15) is 0 Å². The first-order valence-corrected chi connectivity index (χ1v) is 8.41. The number of anilines is 1. The van der Waals surface area contributed by atoms with Gasteiger partial charge in [-0.2, -0.15) is 0 Å². The van der Waals surface area contributed by atoms with Gasteiger partial charge in [-0.3, -0.25) is 0 Å². The van der Waals surface area contributed by atoms with Gasteiger partial charge >= 0.3 is 0 Å². The Morgan fingerprint density at radius 2 is 1.73 bits per heavy atom. The van der Waals surface area contributed by atoms with Crippen LogP contribution in [-0.4, -0.2) is 19.1 Å². The van der Waals surface area contributed by atoms with E-state index in [0.717, 1.165) is 13.1 Å². The van der Waals surface area contributed by atoms with Crippen molar-refractivity contribution in [2.75, 3.05) is 18.4 Å². The maximum absolute atomic E-state index is 3.78. The van der Waals surface area contributed by atoms with Crippen LogP contribution in [0.4, 0.5) is 5.69 Å². The Bertz CT molecular complexity index is 685. The summed E-state index contributed by atoms with van der Waals surface area (Å²) < 4.78 is 0.